The van der Waals surface area contributed by atoms with E-state index in [1.54, 1.807) is 0 Å². The van der Waals surface area contributed by atoms with Gasteiger partial charge in [-0.3, -0.25) is 0 Å². The number of hydrogen-bond acceptors (Lipinski definition) is 1. The summed E-state index contributed by atoms with van der Waals surface area (Å²) in [6.45, 7) is 19.6. The summed E-state index contributed by atoms with van der Waals surface area (Å²) in [6, 6.07) is 4.54. The minimum atomic E-state index is -0.0328. The van der Waals surface area contributed by atoms with Crippen LogP contribution in [0.3, 0.4) is 0 Å². The van der Waals surface area contributed by atoms with Crippen molar-refractivity contribution in [3.8, 4) is 5.75 Å². The second-order valence-electron chi connectivity index (χ2n) is 9.97. The van der Waals surface area contributed by atoms with Crippen LogP contribution in [-0.4, -0.2) is 5.60 Å². The molecular weight excluding hydrogens is 388 g/mol. The van der Waals surface area contributed by atoms with Crippen molar-refractivity contribution in [2.75, 3.05) is 0 Å². The smallest absolute Gasteiger partial charge is 0.126 e. The second kappa shape index (κ2) is 14.4. The van der Waals surface area contributed by atoms with E-state index in [0.29, 0.717) is 0 Å². The van der Waals surface area contributed by atoms with E-state index in [4.69, 9.17) is 4.74 Å². The van der Waals surface area contributed by atoms with Crippen LogP contribution in [0, 0.1) is 13.8 Å². The number of rotatable bonds is 10. The Morgan fingerprint density at radius 3 is 2.25 bits per heavy atom. The molecule has 180 valence electrons. The third kappa shape index (κ3) is 10.2. The van der Waals surface area contributed by atoms with Gasteiger partial charge < -0.3 is 4.74 Å². The standard InChI is InChI=1S/C29H44O.C2H6/c1-22(2)12-10-15-23(3)13-8-9-14-24(4)16-11-18-29(7)19-17-27-21-25(5)20-26(6)28(27)30-29;1-2/h12-13,16,20-21H,8-11,14-15,17-19H2,1-7H3;1-2H3/b23-13+,24-16+;. The van der Waals surface area contributed by atoms with Crippen LogP contribution in [0.25, 0.3) is 0 Å². The van der Waals surface area contributed by atoms with Gasteiger partial charge in [-0.05, 0) is 117 Å². The Labute approximate surface area is 200 Å². The van der Waals surface area contributed by atoms with Gasteiger partial charge in [0.2, 0.25) is 0 Å². The molecule has 0 aliphatic carbocycles. The van der Waals surface area contributed by atoms with Crippen molar-refractivity contribution in [3.63, 3.8) is 0 Å². The molecule has 1 unspecified atom stereocenters. The van der Waals surface area contributed by atoms with Crippen LogP contribution in [0.2, 0.25) is 0 Å². The molecule has 1 aromatic rings. The highest BCUT2D eigenvalue weighted by Gasteiger charge is 2.31. The van der Waals surface area contributed by atoms with E-state index in [2.05, 4.69) is 78.8 Å². The molecule has 1 aromatic carbocycles. The molecule has 0 saturated carbocycles. The van der Waals surface area contributed by atoms with E-state index in [-0.39, 0.29) is 5.60 Å². The van der Waals surface area contributed by atoms with Crippen molar-refractivity contribution in [3.05, 3.63) is 63.8 Å². The summed E-state index contributed by atoms with van der Waals surface area (Å²) in [4.78, 5) is 0. The van der Waals surface area contributed by atoms with Crippen LogP contribution in [0.1, 0.15) is 117 Å². The van der Waals surface area contributed by atoms with E-state index < -0.39 is 0 Å². The number of fused-ring (bicyclic) bond motifs is 1. The summed E-state index contributed by atoms with van der Waals surface area (Å²) in [6.07, 6.45) is 17.7. The summed E-state index contributed by atoms with van der Waals surface area (Å²) in [5, 5.41) is 0. The van der Waals surface area contributed by atoms with Crippen molar-refractivity contribution in [1.29, 1.82) is 0 Å². The predicted octanol–water partition coefficient (Wildman–Crippen LogP) is 10.0. The Balaban J connectivity index is 0.00000249. The van der Waals surface area contributed by atoms with Crippen molar-refractivity contribution < 1.29 is 4.74 Å². The topological polar surface area (TPSA) is 9.23 Å². The van der Waals surface area contributed by atoms with Crippen LogP contribution >= 0.6 is 0 Å². The normalized spacial score (nSPS) is 18.3. The number of benzene rings is 1. The summed E-state index contributed by atoms with van der Waals surface area (Å²) in [5.74, 6) is 1.14. The largest absolute Gasteiger partial charge is 0.487 e. The first-order chi connectivity index (χ1) is 15.2. The zero-order chi connectivity index (χ0) is 24.1. The molecule has 32 heavy (non-hydrogen) atoms. The van der Waals surface area contributed by atoms with Crippen LogP contribution < -0.4 is 4.74 Å². The van der Waals surface area contributed by atoms with E-state index in [9.17, 15) is 0 Å². The number of hydrogen-bond donors (Lipinski definition) is 0. The van der Waals surface area contributed by atoms with Crippen LogP contribution in [0.5, 0.6) is 5.75 Å². The molecule has 1 aliphatic heterocycles. The number of allylic oxidation sites excluding steroid dienone is 6. The Hall–Kier alpha value is -1.76. The molecule has 0 bridgehead atoms. The van der Waals surface area contributed by atoms with Gasteiger partial charge in [0.25, 0.3) is 0 Å². The van der Waals surface area contributed by atoms with Gasteiger partial charge in [0.1, 0.15) is 11.4 Å². The molecule has 0 N–H and O–H groups in total. The lowest BCUT2D eigenvalue weighted by Gasteiger charge is -2.37. The minimum absolute atomic E-state index is 0.0328. The molecule has 0 spiro atoms. The first-order valence-corrected chi connectivity index (χ1v) is 12.9. The van der Waals surface area contributed by atoms with Gasteiger partial charge in [0.05, 0.1) is 0 Å². The molecular formula is C31H50O. The number of aryl methyl sites for hydroxylation is 3. The number of ether oxygens (including phenoxy) is 1. The van der Waals surface area contributed by atoms with Crippen LogP contribution in [-0.2, 0) is 6.42 Å². The monoisotopic (exact) mass is 438 g/mol. The summed E-state index contributed by atoms with van der Waals surface area (Å²) in [5.41, 5.74) is 8.46. The Bertz CT molecular complexity index is 789. The van der Waals surface area contributed by atoms with Gasteiger partial charge in [0, 0.05) is 0 Å². The van der Waals surface area contributed by atoms with E-state index in [1.807, 2.05) is 13.8 Å². The highest BCUT2D eigenvalue weighted by atomic mass is 16.5. The van der Waals surface area contributed by atoms with Crippen LogP contribution in [0.15, 0.2) is 47.1 Å². The van der Waals surface area contributed by atoms with Gasteiger partial charge in [-0.1, -0.05) is 66.5 Å². The van der Waals surface area contributed by atoms with Crippen molar-refractivity contribution in [1.82, 2.24) is 0 Å². The van der Waals surface area contributed by atoms with Gasteiger partial charge >= 0.3 is 0 Å². The molecule has 0 aromatic heterocycles. The maximum atomic E-state index is 6.52. The summed E-state index contributed by atoms with van der Waals surface area (Å²) < 4.78 is 6.52. The summed E-state index contributed by atoms with van der Waals surface area (Å²) in [7, 11) is 0. The molecule has 1 atom stereocenters. The molecule has 1 heteroatoms. The first kappa shape index (κ1) is 28.3. The quantitative estimate of drug-likeness (QED) is 0.261. The molecule has 0 amide bonds. The lowest BCUT2D eigenvalue weighted by atomic mass is 9.87. The second-order valence-corrected chi connectivity index (χ2v) is 9.97. The third-order valence-electron chi connectivity index (χ3n) is 6.29. The minimum Gasteiger partial charge on any atom is -0.487 e. The predicted molar refractivity (Wildman–Crippen MR) is 144 cm³/mol. The first-order valence-electron chi connectivity index (χ1n) is 12.9. The van der Waals surface area contributed by atoms with Gasteiger partial charge in [-0.15, -0.1) is 0 Å². The molecule has 0 fully saturated rings. The van der Waals surface area contributed by atoms with E-state index >= 15 is 0 Å². The van der Waals surface area contributed by atoms with E-state index in [1.165, 1.54) is 65.5 Å². The molecule has 1 heterocycles. The Kier molecular flexibility index (Phi) is 12.7. The summed E-state index contributed by atoms with van der Waals surface area (Å²) >= 11 is 0. The molecule has 1 aliphatic rings. The SMILES string of the molecule is CC.CC(C)=CCC/C(C)=C/CCC/C(C)=C/CCC1(C)CCc2cc(C)cc(C)c2O1. The molecule has 0 radical (unpaired) electrons. The van der Waals surface area contributed by atoms with Crippen molar-refractivity contribution in [2.45, 2.75) is 126 Å². The zero-order valence-corrected chi connectivity index (χ0v) is 22.7. The third-order valence-corrected chi connectivity index (χ3v) is 6.29. The van der Waals surface area contributed by atoms with Crippen molar-refractivity contribution in [2.24, 2.45) is 0 Å². The van der Waals surface area contributed by atoms with Gasteiger partial charge in [0.15, 0.2) is 0 Å². The van der Waals surface area contributed by atoms with Gasteiger partial charge in [-0.2, -0.15) is 0 Å². The maximum absolute atomic E-state index is 6.52. The lowest BCUT2D eigenvalue weighted by Crippen LogP contribution is -2.36. The van der Waals surface area contributed by atoms with Crippen molar-refractivity contribution >= 4 is 0 Å². The highest BCUT2D eigenvalue weighted by molar-refractivity contribution is 5.45. The average molecular weight is 439 g/mol. The lowest BCUT2D eigenvalue weighted by molar-refractivity contribution is 0.0563. The maximum Gasteiger partial charge on any atom is 0.126 e. The van der Waals surface area contributed by atoms with E-state index in [0.717, 1.165) is 31.4 Å². The fourth-order valence-electron chi connectivity index (χ4n) is 4.39. The number of unbranched alkanes of at least 4 members (excludes halogenated alkanes) is 1. The fraction of sp³-hybridized carbons (Fsp3) is 0.613. The molecule has 1 nitrogen and oxygen atoms in total. The highest BCUT2D eigenvalue weighted by Crippen LogP contribution is 2.38. The van der Waals surface area contributed by atoms with Crippen LogP contribution in [0.4, 0.5) is 0 Å². The molecule has 2 rings (SSSR count). The Morgan fingerprint density at radius 1 is 0.906 bits per heavy atom. The van der Waals surface area contributed by atoms with Gasteiger partial charge in [-0.25, -0.2) is 0 Å². The molecule has 0 saturated heterocycles. The average Bonchev–Trinajstić information content (AvgIpc) is 2.73. The fourth-order valence-corrected chi connectivity index (χ4v) is 4.39. The Morgan fingerprint density at radius 2 is 1.56 bits per heavy atom. The zero-order valence-electron chi connectivity index (χ0n) is 22.7.